The number of aryl methyl sites for hydroxylation is 2. The molecule has 1 unspecified atom stereocenters. The fourth-order valence-corrected chi connectivity index (χ4v) is 3.43. The Balaban J connectivity index is 2.11. The molecule has 1 fully saturated rings. The molecule has 0 N–H and O–H groups in total. The standard InChI is InChI=1S/C18H25N6O4/c1-10(2)8-22-14-15(19-17(22)24-12(4)7-11(3)20-24)21(5)18(27)23(16(14)26)9-13(25)28-6/h7,10,14H,8-9H2,1-6H3/q+1. The van der Waals surface area contributed by atoms with Gasteiger partial charge in [-0.25, -0.2) is 14.3 Å². The van der Waals surface area contributed by atoms with Gasteiger partial charge in [0.2, 0.25) is 11.9 Å². The van der Waals surface area contributed by atoms with E-state index in [1.807, 2.05) is 38.3 Å². The molecule has 3 heterocycles. The molecular weight excluding hydrogens is 364 g/mol. The Morgan fingerprint density at radius 3 is 2.54 bits per heavy atom. The van der Waals surface area contributed by atoms with Gasteiger partial charge in [-0.1, -0.05) is 18.8 Å². The number of fused-ring (bicyclic) bond motifs is 1. The number of nitrogens with zero attached hydrogens (tertiary/aromatic N) is 6. The Hall–Kier alpha value is -3.04. The Morgan fingerprint density at radius 1 is 1.32 bits per heavy atom. The summed E-state index contributed by atoms with van der Waals surface area (Å²) in [5, 5.41) is 4.49. The maximum Gasteiger partial charge on any atom is 0.421 e. The molecule has 0 saturated carbocycles. The second-order valence-electron chi connectivity index (χ2n) is 7.40. The van der Waals surface area contributed by atoms with Crippen LogP contribution in [-0.4, -0.2) is 87.1 Å². The molecule has 1 aromatic heterocycles. The zero-order valence-corrected chi connectivity index (χ0v) is 17.0. The van der Waals surface area contributed by atoms with Gasteiger partial charge in [0.15, 0.2) is 0 Å². The van der Waals surface area contributed by atoms with E-state index in [2.05, 4.69) is 14.8 Å². The molecule has 2 aliphatic rings. The van der Waals surface area contributed by atoms with Gasteiger partial charge in [0, 0.05) is 7.05 Å². The Labute approximate surface area is 163 Å². The van der Waals surface area contributed by atoms with Crippen molar-refractivity contribution in [1.82, 2.24) is 19.6 Å². The van der Waals surface area contributed by atoms with Gasteiger partial charge in [-0.15, -0.1) is 9.78 Å². The molecule has 10 nitrogen and oxygen atoms in total. The number of amides is 3. The molecular formula is C18H25N6O4+. The normalized spacial score (nSPS) is 19.5. The third-order valence-electron chi connectivity index (χ3n) is 4.66. The highest BCUT2D eigenvalue weighted by Gasteiger charge is 2.53. The van der Waals surface area contributed by atoms with Crippen LogP contribution in [0.5, 0.6) is 0 Å². The number of carbonyl (C=O) groups is 3. The van der Waals surface area contributed by atoms with Gasteiger partial charge >= 0.3 is 18.0 Å². The Morgan fingerprint density at radius 2 is 2.00 bits per heavy atom. The lowest BCUT2D eigenvalue weighted by Gasteiger charge is -2.33. The monoisotopic (exact) mass is 389 g/mol. The molecule has 0 radical (unpaired) electrons. The van der Waals surface area contributed by atoms with E-state index in [0.717, 1.165) is 16.3 Å². The van der Waals surface area contributed by atoms with E-state index in [-0.39, 0.29) is 5.92 Å². The number of hydrogen-bond donors (Lipinski definition) is 0. The lowest BCUT2D eigenvalue weighted by molar-refractivity contribution is -0.543. The number of amidine groups is 1. The average Bonchev–Trinajstić information content (AvgIpc) is 3.15. The smallest absolute Gasteiger partial charge is 0.421 e. The number of esters is 1. The fraction of sp³-hybridized carbons (Fsp3) is 0.556. The molecule has 0 aromatic carbocycles. The predicted octanol–water partition coefficient (Wildman–Crippen LogP) is 0.220. The van der Waals surface area contributed by atoms with E-state index >= 15 is 0 Å². The van der Waals surface area contributed by atoms with Crippen LogP contribution in [-0.2, 0) is 14.3 Å². The lowest BCUT2D eigenvalue weighted by atomic mass is 10.1. The van der Waals surface area contributed by atoms with E-state index in [1.54, 1.807) is 11.7 Å². The molecule has 1 saturated heterocycles. The molecule has 0 spiro atoms. The van der Waals surface area contributed by atoms with Crippen LogP contribution in [0.25, 0.3) is 0 Å². The largest absolute Gasteiger partial charge is 0.468 e. The van der Waals surface area contributed by atoms with Gasteiger partial charge in [0.1, 0.15) is 12.2 Å². The Kier molecular flexibility index (Phi) is 5.05. The lowest BCUT2D eigenvalue weighted by Crippen LogP contribution is -2.63. The molecule has 0 aliphatic carbocycles. The number of imide groups is 1. The first kappa shape index (κ1) is 19.7. The molecule has 1 aromatic rings. The summed E-state index contributed by atoms with van der Waals surface area (Å²) in [6, 6.07) is 0.515. The maximum absolute atomic E-state index is 13.2. The van der Waals surface area contributed by atoms with Crippen LogP contribution < -0.4 is 0 Å². The number of rotatable bonds is 4. The van der Waals surface area contributed by atoms with E-state index < -0.39 is 30.5 Å². The third-order valence-corrected chi connectivity index (χ3v) is 4.66. The molecule has 28 heavy (non-hydrogen) atoms. The maximum atomic E-state index is 13.2. The number of likely N-dealkylation sites (N-methyl/N-ethyl adjacent to an activating group) is 1. The summed E-state index contributed by atoms with van der Waals surface area (Å²) in [5.41, 5.74) is 1.70. The number of aromatic nitrogens is 2. The van der Waals surface area contributed by atoms with Crippen molar-refractivity contribution in [3.63, 3.8) is 0 Å². The van der Waals surface area contributed by atoms with E-state index in [9.17, 15) is 14.4 Å². The second kappa shape index (κ2) is 7.17. The molecule has 3 rings (SSSR count). The van der Waals surface area contributed by atoms with Crippen LogP contribution in [0.4, 0.5) is 4.79 Å². The number of aliphatic imine (C=N–C) groups is 1. The summed E-state index contributed by atoms with van der Waals surface area (Å²) in [6.07, 6.45) is 0. The summed E-state index contributed by atoms with van der Waals surface area (Å²) in [5.74, 6) is -0.103. The molecule has 150 valence electrons. The first-order chi connectivity index (χ1) is 13.1. The van der Waals surface area contributed by atoms with Crippen molar-refractivity contribution in [2.24, 2.45) is 10.9 Å². The SMILES string of the molecule is COC(=O)CN1C(=O)C2C(=NC(n3nc(C)cc3C)=[N+]2CC(C)C)N(C)C1=O. The zero-order valence-electron chi connectivity index (χ0n) is 17.0. The predicted molar refractivity (Wildman–Crippen MR) is 100 cm³/mol. The van der Waals surface area contributed by atoms with Gasteiger partial charge in [-0.3, -0.25) is 14.5 Å². The van der Waals surface area contributed by atoms with Crippen molar-refractivity contribution in [1.29, 1.82) is 0 Å². The summed E-state index contributed by atoms with van der Waals surface area (Å²) < 4.78 is 8.15. The average molecular weight is 389 g/mol. The number of methoxy groups -OCH3 is 1. The molecule has 2 aliphatic heterocycles. The van der Waals surface area contributed by atoms with Gasteiger partial charge in [0.05, 0.1) is 19.3 Å². The molecule has 1 atom stereocenters. The zero-order chi connectivity index (χ0) is 20.7. The highest BCUT2D eigenvalue weighted by Crippen LogP contribution is 2.22. The number of carbonyl (C=O) groups excluding carboxylic acids is 3. The highest BCUT2D eigenvalue weighted by atomic mass is 16.5. The van der Waals surface area contributed by atoms with Crippen LogP contribution in [0.1, 0.15) is 25.2 Å². The minimum atomic E-state index is -0.798. The first-order valence-electron chi connectivity index (χ1n) is 9.07. The van der Waals surface area contributed by atoms with E-state index in [1.165, 1.54) is 12.0 Å². The van der Waals surface area contributed by atoms with E-state index in [0.29, 0.717) is 18.3 Å². The summed E-state index contributed by atoms with van der Waals surface area (Å²) in [6.45, 7) is 7.95. The minimum absolute atomic E-state index is 0.228. The van der Waals surface area contributed by atoms with Crippen LogP contribution in [0.15, 0.2) is 11.1 Å². The first-order valence-corrected chi connectivity index (χ1v) is 9.07. The van der Waals surface area contributed by atoms with Gasteiger partial charge in [-0.2, -0.15) is 0 Å². The van der Waals surface area contributed by atoms with Gasteiger partial charge < -0.3 is 4.74 Å². The van der Waals surface area contributed by atoms with Crippen molar-refractivity contribution in [2.45, 2.75) is 33.7 Å². The highest BCUT2D eigenvalue weighted by molar-refractivity contribution is 6.23. The summed E-state index contributed by atoms with van der Waals surface area (Å²) in [4.78, 5) is 44.4. The molecule has 0 bridgehead atoms. The summed E-state index contributed by atoms with van der Waals surface area (Å²) in [7, 11) is 2.76. The van der Waals surface area contributed by atoms with Crippen molar-refractivity contribution >= 4 is 29.7 Å². The number of ether oxygens (including phenoxy) is 1. The van der Waals surface area contributed by atoms with Crippen LogP contribution in [0, 0.1) is 19.8 Å². The molecule has 3 amide bonds. The minimum Gasteiger partial charge on any atom is -0.468 e. The van der Waals surface area contributed by atoms with Gasteiger partial charge in [-0.05, 0) is 25.8 Å². The van der Waals surface area contributed by atoms with Gasteiger partial charge in [0.25, 0.3) is 5.91 Å². The fourth-order valence-electron chi connectivity index (χ4n) is 3.43. The van der Waals surface area contributed by atoms with Crippen LogP contribution >= 0.6 is 0 Å². The summed E-state index contributed by atoms with van der Waals surface area (Å²) >= 11 is 0. The van der Waals surface area contributed by atoms with Crippen molar-refractivity contribution < 1.29 is 23.7 Å². The third kappa shape index (κ3) is 3.19. The van der Waals surface area contributed by atoms with Crippen LogP contribution in [0.2, 0.25) is 0 Å². The number of hydrogen-bond acceptors (Lipinski definition) is 6. The second-order valence-corrected chi connectivity index (χ2v) is 7.40. The quantitative estimate of drug-likeness (QED) is 0.542. The number of urea groups is 1. The topological polar surface area (TPSA) is 100 Å². The van der Waals surface area contributed by atoms with E-state index in [4.69, 9.17) is 0 Å². The Bertz CT molecular complexity index is 913. The van der Waals surface area contributed by atoms with Crippen molar-refractivity contribution in [3.05, 3.63) is 17.5 Å². The van der Waals surface area contributed by atoms with Crippen LogP contribution in [0.3, 0.4) is 0 Å². The van der Waals surface area contributed by atoms with Crippen molar-refractivity contribution in [2.75, 3.05) is 27.2 Å². The molecule has 10 heteroatoms. The van der Waals surface area contributed by atoms with Crippen molar-refractivity contribution in [3.8, 4) is 0 Å².